The maximum atomic E-state index is 7.20. The molecule has 0 radical (unpaired) electrons. The average molecular weight is 647 g/mol. The van der Waals surface area contributed by atoms with Crippen molar-refractivity contribution in [3.05, 3.63) is 34.9 Å². The summed E-state index contributed by atoms with van der Waals surface area (Å²) < 4.78 is 25.0. The molecule has 0 heterocycles. The van der Waals surface area contributed by atoms with Crippen molar-refractivity contribution in [3.8, 4) is 0 Å². The number of fused-ring (bicyclic) bond motifs is 1. The molecule has 2 aliphatic rings. The Morgan fingerprint density at radius 1 is 0.822 bits per heavy atom. The molecular weight excluding hydrogens is 573 g/mol. The van der Waals surface area contributed by atoms with Crippen LogP contribution in [0.1, 0.15) is 140 Å². The summed E-state index contributed by atoms with van der Waals surface area (Å²) in [7, 11) is -0.148. The van der Waals surface area contributed by atoms with Crippen LogP contribution in [0.25, 0.3) is 0 Å². The number of rotatable bonds is 17. The van der Waals surface area contributed by atoms with E-state index in [1.54, 1.807) is 7.11 Å². The number of ether oxygens (including phenoxy) is 3. The summed E-state index contributed by atoms with van der Waals surface area (Å²) in [5.41, 5.74) is 4.56. The van der Waals surface area contributed by atoms with Crippen LogP contribution >= 0.6 is 0 Å². The summed E-state index contributed by atoms with van der Waals surface area (Å²) >= 11 is 0. The van der Waals surface area contributed by atoms with E-state index in [1.165, 1.54) is 36.0 Å². The first-order chi connectivity index (χ1) is 20.8. The normalized spacial score (nSPS) is 29.4. The standard InChI is InChI=1S/C40H74O4Si/c1-31(2)18-15-19-32(3)20-16-21-33(4)22-17-23-35-39(10)26-25-36(44-45(13,14)37(5,6)7)38(8,9)34(39)24-27-40(35,11)43-30-42-29-28-41-12/h18,20,22,34-36H,15-17,19,21,23-30H2,1-14H3/b32-20+,33-22+/t34-,35+,36-,39-,40+/m0/s1. The molecule has 2 rings (SSSR count). The Morgan fingerprint density at radius 3 is 2.00 bits per heavy atom. The van der Waals surface area contributed by atoms with E-state index in [4.69, 9.17) is 18.6 Å². The molecular formula is C40H74O4Si. The molecule has 0 aromatic heterocycles. The molecule has 262 valence electrons. The first-order valence-corrected chi connectivity index (χ1v) is 21.0. The average Bonchev–Trinajstić information content (AvgIpc) is 2.91. The topological polar surface area (TPSA) is 36.9 Å². The molecule has 0 aromatic rings. The Bertz CT molecular complexity index is 998. The summed E-state index contributed by atoms with van der Waals surface area (Å²) in [4.78, 5) is 0. The molecule has 0 aromatic carbocycles. The van der Waals surface area contributed by atoms with Crippen LogP contribution in [-0.2, 0) is 18.6 Å². The van der Waals surface area contributed by atoms with Gasteiger partial charge in [-0.05, 0) is 140 Å². The highest BCUT2D eigenvalue weighted by atomic mass is 28.4. The van der Waals surface area contributed by atoms with Crippen LogP contribution in [0.4, 0.5) is 0 Å². The first-order valence-electron chi connectivity index (χ1n) is 18.1. The molecule has 4 nitrogen and oxygen atoms in total. The van der Waals surface area contributed by atoms with Gasteiger partial charge >= 0.3 is 0 Å². The van der Waals surface area contributed by atoms with Crippen molar-refractivity contribution in [1.82, 2.24) is 0 Å². The third-order valence-corrected chi connectivity index (χ3v) is 16.6. The zero-order chi connectivity index (χ0) is 34.1. The van der Waals surface area contributed by atoms with Gasteiger partial charge in [-0.1, -0.05) is 76.5 Å². The van der Waals surface area contributed by atoms with Gasteiger partial charge in [-0.2, -0.15) is 0 Å². The summed E-state index contributed by atoms with van der Waals surface area (Å²) in [6.07, 6.45) is 19.1. The predicted octanol–water partition coefficient (Wildman–Crippen LogP) is 11.8. The Labute approximate surface area is 281 Å². The highest BCUT2D eigenvalue weighted by molar-refractivity contribution is 6.74. The van der Waals surface area contributed by atoms with Gasteiger partial charge in [0.25, 0.3) is 0 Å². The summed E-state index contributed by atoms with van der Waals surface area (Å²) in [5, 5.41) is 0.221. The monoisotopic (exact) mass is 647 g/mol. The van der Waals surface area contributed by atoms with Crippen molar-refractivity contribution in [1.29, 1.82) is 0 Å². The molecule has 2 aliphatic carbocycles. The molecule has 2 saturated carbocycles. The van der Waals surface area contributed by atoms with Gasteiger partial charge in [-0.3, -0.25) is 0 Å². The van der Waals surface area contributed by atoms with Crippen LogP contribution in [0.2, 0.25) is 18.1 Å². The minimum absolute atomic E-state index is 0.124. The van der Waals surface area contributed by atoms with Crippen LogP contribution in [0.5, 0.6) is 0 Å². The van der Waals surface area contributed by atoms with E-state index < -0.39 is 8.32 Å². The molecule has 5 heteroatoms. The lowest BCUT2D eigenvalue weighted by molar-refractivity contribution is -0.237. The van der Waals surface area contributed by atoms with Gasteiger partial charge in [0, 0.05) is 7.11 Å². The highest BCUT2D eigenvalue weighted by Crippen LogP contribution is 2.64. The van der Waals surface area contributed by atoms with Gasteiger partial charge in [0.2, 0.25) is 0 Å². The lowest BCUT2D eigenvalue weighted by Gasteiger charge is -2.64. The third-order valence-electron chi connectivity index (χ3n) is 12.1. The van der Waals surface area contributed by atoms with E-state index in [1.807, 2.05) is 0 Å². The van der Waals surface area contributed by atoms with Gasteiger partial charge in [0.1, 0.15) is 6.79 Å². The summed E-state index contributed by atoms with van der Waals surface area (Å²) in [6, 6.07) is 0. The van der Waals surface area contributed by atoms with E-state index in [0.29, 0.717) is 37.9 Å². The predicted molar refractivity (Wildman–Crippen MR) is 196 cm³/mol. The molecule has 45 heavy (non-hydrogen) atoms. The number of hydrogen-bond acceptors (Lipinski definition) is 4. The lowest BCUT2D eigenvalue weighted by Crippen LogP contribution is -2.62. The highest BCUT2D eigenvalue weighted by Gasteiger charge is 2.61. The van der Waals surface area contributed by atoms with E-state index in [9.17, 15) is 0 Å². The van der Waals surface area contributed by atoms with Crippen molar-refractivity contribution < 1.29 is 18.6 Å². The fourth-order valence-corrected chi connectivity index (χ4v) is 9.73. The lowest BCUT2D eigenvalue weighted by atomic mass is 9.44. The SMILES string of the molecule is COCCOCO[C@]1(C)CC[C@H]2C(C)(C)[C@@H](O[Si](C)(C)C(C)(C)C)CC[C@]2(C)[C@H]1CC/C=C(\C)CC/C=C(\C)CCC=C(C)C. The van der Waals surface area contributed by atoms with Crippen molar-refractivity contribution in [3.63, 3.8) is 0 Å². The molecule has 5 atom stereocenters. The third kappa shape index (κ3) is 11.2. The number of hydrogen-bond donors (Lipinski definition) is 0. The van der Waals surface area contributed by atoms with Crippen LogP contribution < -0.4 is 0 Å². The molecule has 0 N–H and O–H groups in total. The Hall–Kier alpha value is -0.723. The molecule has 0 unspecified atom stereocenters. The van der Waals surface area contributed by atoms with Crippen LogP contribution in [0.15, 0.2) is 34.9 Å². The summed E-state index contributed by atoms with van der Waals surface area (Å²) in [6.45, 7) is 32.4. The minimum Gasteiger partial charge on any atom is -0.413 e. The second-order valence-electron chi connectivity index (χ2n) is 17.4. The van der Waals surface area contributed by atoms with Crippen LogP contribution in [0, 0.1) is 22.7 Å². The number of allylic oxidation sites excluding steroid dienone is 6. The second-order valence-corrected chi connectivity index (χ2v) is 22.1. The van der Waals surface area contributed by atoms with Gasteiger partial charge < -0.3 is 18.6 Å². The first kappa shape index (κ1) is 40.5. The van der Waals surface area contributed by atoms with Gasteiger partial charge in [-0.25, -0.2) is 0 Å². The molecule has 0 saturated heterocycles. The van der Waals surface area contributed by atoms with Crippen LogP contribution in [-0.4, -0.2) is 47.1 Å². The molecule has 0 spiro atoms. The molecule has 0 aliphatic heterocycles. The maximum absolute atomic E-state index is 7.20. The maximum Gasteiger partial charge on any atom is 0.192 e. The van der Waals surface area contributed by atoms with E-state index in [-0.39, 0.29) is 21.5 Å². The summed E-state index contributed by atoms with van der Waals surface area (Å²) in [5.74, 6) is 1.07. The Balaban J connectivity index is 2.21. The Kier molecular flexibility index (Phi) is 15.4. The molecule has 0 bridgehead atoms. The second kappa shape index (κ2) is 17.1. The van der Waals surface area contributed by atoms with E-state index in [2.05, 4.69) is 107 Å². The Morgan fingerprint density at radius 2 is 1.42 bits per heavy atom. The van der Waals surface area contributed by atoms with Gasteiger partial charge in [0.05, 0.1) is 24.9 Å². The zero-order valence-corrected chi connectivity index (χ0v) is 33.3. The van der Waals surface area contributed by atoms with Gasteiger partial charge in [-0.15, -0.1) is 0 Å². The fraction of sp³-hybridized carbons (Fsp3) is 0.850. The minimum atomic E-state index is -1.87. The largest absolute Gasteiger partial charge is 0.413 e. The van der Waals surface area contributed by atoms with Crippen molar-refractivity contribution in [2.75, 3.05) is 27.1 Å². The van der Waals surface area contributed by atoms with Gasteiger partial charge in [0.15, 0.2) is 8.32 Å². The number of methoxy groups -OCH3 is 1. The van der Waals surface area contributed by atoms with Crippen LogP contribution in [0.3, 0.4) is 0 Å². The van der Waals surface area contributed by atoms with E-state index >= 15 is 0 Å². The van der Waals surface area contributed by atoms with Crippen molar-refractivity contribution in [2.45, 2.75) is 170 Å². The molecule has 0 amide bonds. The zero-order valence-electron chi connectivity index (χ0n) is 32.3. The molecule has 2 fully saturated rings. The van der Waals surface area contributed by atoms with E-state index in [0.717, 1.165) is 44.9 Å². The smallest absolute Gasteiger partial charge is 0.192 e. The quantitative estimate of drug-likeness (QED) is 0.0682. The van der Waals surface area contributed by atoms with Crippen molar-refractivity contribution in [2.24, 2.45) is 22.7 Å². The van der Waals surface area contributed by atoms with Crippen molar-refractivity contribution >= 4 is 8.32 Å². The fourth-order valence-electron chi connectivity index (χ4n) is 8.25.